The predicted molar refractivity (Wildman–Crippen MR) is 59.3 cm³/mol. The Morgan fingerprint density at radius 3 is 2.50 bits per heavy atom. The molecule has 1 aromatic rings. The van der Waals surface area contributed by atoms with Crippen molar-refractivity contribution in [3.05, 3.63) is 35.4 Å². The Morgan fingerprint density at radius 2 is 1.94 bits per heavy atom. The first-order chi connectivity index (χ1) is 7.11. The molecule has 16 heavy (non-hydrogen) atoms. The summed E-state index contributed by atoms with van der Waals surface area (Å²) in [7, 11) is 0. The Balaban J connectivity index is 0.00000128. The van der Waals surface area contributed by atoms with Gasteiger partial charge in [-0.15, -0.1) is 12.4 Å². The average molecular weight is 250 g/mol. The van der Waals surface area contributed by atoms with Crippen molar-refractivity contribution >= 4 is 12.4 Å². The Morgan fingerprint density at radius 1 is 1.31 bits per heavy atom. The molecule has 2 atom stereocenters. The molecule has 0 aromatic heterocycles. The van der Waals surface area contributed by atoms with Crippen molar-refractivity contribution in [2.75, 3.05) is 0 Å². The van der Waals surface area contributed by atoms with E-state index in [9.17, 15) is 13.9 Å². The van der Waals surface area contributed by atoms with Crippen LogP contribution in [0.25, 0.3) is 0 Å². The lowest BCUT2D eigenvalue weighted by Gasteiger charge is -2.19. The largest absolute Gasteiger partial charge is 0.391 e. The van der Waals surface area contributed by atoms with Gasteiger partial charge in [0.15, 0.2) is 11.6 Å². The summed E-state index contributed by atoms with van der Waals surface area (Å²) in [5.41, 5.74) is 5.74. The first kappa shape index (κ1) is 13.4. The number of nitrogens with two attached hydrogens (primary N) is 1. The Hall–Kier alpha value is -0.710. The molecular weight excluding hydrogens is 236 g/mol. The van der Waals surface area contributed by atoms with Crippen molar-refractivity contribution in [2.45, 2.75) is 25.0 Å². The molecule has 1 aliphatic rings. The highest BCUT2D eigenvalue weighted by Gasteiger charge is 2.35. The van der Waals surface area contributed by atoms with Gasteiger partial charge in [0.2, 0.25) is 0 Å². The predicted octanol–water partition coefficient (Wildman–Crippen LogP) is 2.16. The lowest BCUT2D eigenvalue weighted by molar-refractivity contribution is 0.120. The minimum Gasteiger partial charge on any atom is -0.391 e. The number of aliphatic hydroxyl groups is 1. The van der Waals surface area contributed by atoms with Crippen molar-refractivity contribution in [3.8, 4) is 0 Å². The van der Waals surface area contributed by atoms with Crippen LogP contribution in [0.4, 0.5) is 8.78 Å². The summed E-state index contributed by atoms with van der Waals surface area (Å²) in [6.07, 6.45) is 1.04. The van der Waals surface area contributed by atoms with Crippen molar-refractivity contribution in [1.29, 1.82) is 0 Å². The maximum Gasteiger partial charge on any atom is 0.163 e. The molecule has 0 aliphatic heterocycles. The molecule has 2 rings (SSSR count). The van der Waals surface area contributed by atoms with E-state index in [-0.39, 0.29) is 23.9 Å². The van der Waals surface area contributed by atoms with E-state index in [4.69, 9.17) is 5.73 Å². The van der Waals surface area contributed by atoms with Crippen molar-refractivity contribution in [1.82, 2.24) is 0 Å². The first-order valence-corrected chi connectivity index (χ1v) is 4.99. The fourth-order valence-corrected chi connectivity index (χ4v) is 1.69. The normalized spacial score (nSPS) is 18.8. The third kappa shape index (κ3) is 2.51. The SMILES string of the molecule is Cl.N[C@H](c1cccc(F)c1F)[C@@H](O)C1CC1. The zero-order valence-electron chi connectivity index (χ0n) is 8.57. The second kappa shape index (κ2) is 5.08. The Bertz CT molecular complexity index is 371. The Labute approximate surface area is 98.9 Å². The van der Waals surface area contributed by atoms with Crippen LogP contribution >= 0.6 is 12.4 Å². The van der Waals surface area contributed by atoms with Crippen molar-refractivity contribution in [3.63, 3.8) is 0 Å². The summed E-state index contributed by atoms with van der Waals surface area (Å²) in [6.45, 7) is 0. The van der Waals surface area contributed by atoms with Gasteiger partial charge in [0.05, 0.1) is 12.1 Å². The van der Waals surface area contributed by atoms with Crippen molar-refractivity contribution in [2.24, 2.45) is 11.7 Å². The Kier molecular flexibility index (Phi) is 4.24. The van der Waals surface area contributed by atoms with Gasteiger partial charge in [0.25, 0.3) is 0 Å². The second-order valence-electron chi connectivity index (χ2n) is 4.00. The molecule has 90 valence electrons. The number of hydrogen-bond acceptors (Lipinski definition) is 2. The van der Waals surface area contributed by atoms with Crippen LogP contribution in [-0.4, -0.2) is 11.2 Å². The molecule has 1 aromatic carbocycles. The van der Waals surface area contributed by atoms with E-state index in [1.807, 2.05) is 0 Å². The molecule has 1 fully saturated rings. The fraction of sp³-hybridized carbons (Fsp3) is 0.455. The summed E-state index contributed by atoms with van der Waals surface area (Å²) in [6, 6.07) is 3.00. The van der Waals surface area contributed by atoms with Gasteiger partial charge in [-0.1, -0.05) is 12.1 Å². The molecule has 0 spiro atoms. The van der Waals surface area contributed by atoms with Crippen LogP contribution in [-0.2, 0) is 0 Å². The second-order valence-corrected chi connectivity index (χ2v) is 4.00. The van der Waals surface area contributed by atoms with Gasteiger partial charge >= 0.3 is 0 Å². The molecule has 3 N–H and O–H groups in total. The van der Waals surface area contributed by atoms with E-state index in [2.05, 4.69) is 0 Å². The van der Waals surface area contributed by atoms with Crippen LogP contribution in [0.2, 0.25) is 0 Å². The van der Waals surface area contributed by atoms with Crippen LogP contribution in [0.3, 0.4) is 0 Å². The van der Waals surface area contributed by atoms with E-state index in [1.165, 1.54) is 12.1 Å². The van der Waals surface area contributed by atoms with Gasteiger partial charge < -0.3 is 10.8 Å². The van der Waals surface area contributed by atoms with Crippen molar-refractivity contribution < 1.29 is 13.9 Å². The number of hydrogen-bond donors (Lipinski definition) is 2. The molecule has 0 radical (unpaired) electrons. The third-order valence-electron chi connectivity index (χ3n) is 2.81. The van der Waals surface area contributed by atoms with E-state index >= 15 is 0 Å². The van der Waals surface area contributed by atoms with Gasteiger partial charge in [-0.3, -0.25) is 0 Å². The number of halogens is 3. The maximum absolute atomic E-state index is 13.3. The van der Waals surface area contributed by atoms with Gasteiger partial charge in [-0.25, -0.2) is 8.78 Å². The molecule has 1 saturated carbocycles. The lowest BCUT2D eigenvalue weighted by Crippen LogP contribution is -2.28. The number of benzene rings is 1. The van der Waals surface area contributed by atoms with Crippen LogP contribution in [0.15, 0.2) is 18.2 Å². The first-order valence-electron chi connectivity index (χ1n) is 4.99. The summed E-state index contributed by atoms with van der Waals surface area (Å²) in [5, 5.41) is 9.71. The standard InChI is InChI=1S/C11H13F2NO.ClH/c12-8-3-1-2-7(9(8)13)10(14)11(15)6-4-5-6;/h1-3,6,10-11,15H,4-5,14H2;1H/t10-,11+;/m1./s1. The van der Waals surface area contributed by atoms with Crippen LogP contribution < -0.4 is 5.73 Å². The molecule has 0 bridgehead atoms. The number of rotatable bonds is 3. The van der Waals surface area contributed by atoms with Gasteiger partial charge in [0, 0.05) is 5.56 Å². The molecule has 0 saturated heterocycles. The van der Waals surface area contributed by atoms with E-state index in [0.717, 1.165) is 18.9 Å². The summed E-state index contributed by atoms with van der Waals surface area (Å²) in [4.78, 5) is 0. The topological polar surface area (TPSA) is 46.2 Å². The monoisotopic (exact) mass is 249 g/mol. The molecule has 0 amide bonds. The average Bonchev–Trinajstić information content (AvgIpc) is 3.03. The summed E-state index contributed by atoms with van der Waals surface area (Å²) < 4.78 is 26.2. The zero-order chi connectivity index (χ0) is 11.0. The highest BCUT2D eigenvalue weighted by atomic mass is 35.5. The summed E-state index contributed by atoms with van der Waals surface area (Å²) >= 11 is 0. The quantitative estimate of drug-likeness (QED) is 0.862. The minimum absolute atomic E-state index is 0. The van der Waals surface area contributed by atoms with Crippen LogP contribution in [0.5, 0.6) is 0 Å². The smallest absolute Gasteiger partial charge is 0.163 e. The van der Waals surface area contributed by atoms with Crippen LogP contribution in [0, 0.1) is 17.6 Å². The van der Waals surface area contributed by atoms with E-state index < -0.39 is 23.8 Å². The lowest BCUT2D eigenvalue weighted by atomic mass is 9.98. The summed E-state index contributed by atoms with van der Waals surface area (Å²) in [5.74, 6) is -1.74. The molecule has 2 nitrogen and oxygen atoms in total. The van der Waals surface area contributed by atoms with Crippen LogP contribution in [0.1, 0.15) is 24.4 Å². The van der Waals surface area contributed by atoms with E-state index in [0.29, 0.717) is 0 Å². The molecular formula is C11H14ClF2NO. The molecule has 0 unspecified atom stereocenters. The minimum atomic E-state index is -0.954. The molecule has 0 heterocycles. The molecule has 5 heteroatoms. The van der Waals surface area contributed by atoms with E-state index in [1.54, 1.807) is 0 Å². The fourth-order valence-electron chi connectivity index (χ4n) is 1.69. The maximum atomic E-state index is 13.3. The highest BCUT2D eigenvalue weighted by Crippen LogP contribution is 2.37. The number of aliphatic hydroxyl groups excluding tert-OH is 1. The molecule has 1 aliphatic carbocycles. The van der Waals surface area contributed by atoms with Gasteiger partial charge in [-0.2, -0.15) is 0 Å². The third-order valence-corrected chi connectivity index (χ3v) is 2.81. The highest BCUT2D eigenvalue weighted by molar-refractivity contribution is 5.85. The van der Waals surface area contributed by atoms with Gasteiger partial charge in [-0.05, 0) is 24.8 Å². The van der Waals surface area contributed by atoms with Gasteiger partial charge in [0.1, 0.15) is 0 Å². The zero-order valence-corrected chi connectivity index (χ0v) is 9.38.